The molecule has 6 heteroatoms. The highest BCUT2D eigenvalue weighted by atomic mass is 32.2. The lowest BCUT2D eigenvalue weighted by atomic mass is 10.5. The van der Waals surface area contributed by atoms with Crippen LogP contribution in [0.1, 0.15) is 16.4 Å². The molecule has 1 N–H and O–H groups in total. The fraction of sp³-hybridized carbons (Fsp3) is 0.250. The predicted octanol–water partition coefficient (Wildman–Crippen LogP) is 1.20. The van der Waals surface area contributed by atoms with E-state index in [1.165, 1.54) is 11.8 Å². The number of aromatic amines is 1. The van der Waals surface area contributed by atoms with Crippen LogP contribution in [0, 0.1) is 6.92 Å². The van der Waals surface area contributed by atoms with E-state index in [9.17, 15) is 4.79 Å². The van der Waals surface area contributed by atoms with E-state index in [1.54, 1.807) is 6.92 Å². The van der Waals surface area contributed by atoms with Crippen molar-refractivity contribution in [2.45, 2.75) is 11.9 Å². The van der Waals surface area contributed by atoms with Crippen molar-refractivity contribution < 1.29 is 4.79 Å². The van der Waals surface area contributed by atoms with Crippen molar-refractivity contribution in [1.29, 1.82) is 0 Å². The van der Waals surface area contributed by atoms with Crippen LogP contribution in [0.25, 0.3) is 11.2 Å². The van der Waals surface area contributed by atoms with Crippen molar-refractivity contribution in [3.63, 3.8) is 0 Å². The summed E-state index contributed by atoms with van der Waals surface area (Å²) >= 11 is 1.50. The Bertz CT molecular complexity index is 493. The van der Waals surface area contributed by atoms with Gasteiger partial charge in [-0.25, -0.2) is 15.0 Å². The van der Waals surface area contributed by atoms with Gasteiger partial charge in [-0.15, -0.1) is 11.8 Å². The third kappa shape index (κ3) is 1.37. The Hall–Kier alpha value is -1.43. The predicted molar refractivity (Wildman–Crippen MR) is 53.6 cm³/mol. The Morgan fingerprint density at radius 3 is 2.79 bits per heavy atom. The van der Waals surface area contributed by atoms with E-state index in [0.717, 1.165) is 10.5 Å². The van der Waals surface area contributed by atoms with Gasteiger partial charge in [-0.2, -0.15) is 0 Å². The van der Waals surface area contributed by atoms with Crippen molar-refractivity contribution in [3.05, 3.63) is 11.6 Å². The molecule has 2 aromatic rings. The van der Waals surface area contributed by atoms with Gasteiger partial charge >= 0.3 is 0 Å². The lowest BCUT2D eigenvalue weighted by Gasteiger charge is -1.97. The van der Waals surface area contributed by atoms with Crippen LogP contribution < -0.4 is 0 Å². The highest BCUT2D eigenvalue weighted by Gasteiger charge is 2.09. The van der Waals surface area contributed by atoms with Gasteiger partial charge in [0.1, 0.15) is 16.4 Å². The van der Waals surface area contributed by atoms with Crippen molar-refractivity contribution in [2.75, 3.05) is 6.26 Å². The van der Waals surface area contributed by atoms with Crippen LogP contribution in [0.15, 0.2) is 5.03 Å². The lowest BCUT2D eigenvalue weighted by molar-refractivity contribution is 0.111. The highest BCUT2D eigenvalue weighted by molar-refractivity contribution is 7.98. The number of aryl methyl sites for hydroxylation is 1. The molecule has 0 aliphatic heterocycles. The number of hydrogen-bond donors (Lipinski definition) is 1. The van der Waals surface area contributed by atoms with Crippen molar-refractivity contribution in [2.24, 2.45) is 0 Å². The van der Waals surface area contributed by atoms with Crippen LogP contribution in [0.3, 0.4) is 0 Å². The Morgan fingerprint density at radius 1 is 1.36 bits per heavy atom. The van der Waals surface area contributed by atoms with E-state index in [1.807, 2.05) is 6.26 Å². The molecule has 0 radical (unpaired) electrons. The number of carbonyl (C=O) groups excluding carboxylic acids is 1. The monoisotopic (exact) mass is 208 g/mol. The van der Waals surface area contributed by atoms with E-state index in [0.29, 0.717) is 17.8 Å². The van der Waals surface area contributed by atoms with Crippen LogP contribution in [0.2, 0.25) is 0 Å². The van der Waals surface area contributed by atoms with Crippen molar-refractivity contribution in [1.82, 2.24) is 19.9 Å². The van der Waals surface area contributed by atoms with Gasteiger partial charge in [0.15, 0.2) is 17.8 Å². The van der Waals surface area contributed by atoms with Gasteiger partial charge in [0.05, 0.1) is 0 Å². The fourth-order valence-electron chi connectivity index (χ4n) is 1.20. The number of aldehydes is 1. The molecule has 0 fully saturated rings. The molecule has 14 heavy (non-hydrogen) atoms. The summed E-state index contributed by atoms with van der Waals surface area (Å²) in [6.07, 6.45) is 2.59. The van der Waals surface area contributed by atoms with Gasteiger partial charge in [-0.3, -0.25) is 4.79 Å². The number of H-pyrrole nitrogens is 1. The second-order valence-corrected chi connectivity index (χ2v) is 3.51. The molecule has 5 nitrogen and oxygen atoms in total. The zero-order chi connectivity index (χ0) is 10.1. The number of thioether (sulfide) groups is 1. The van der Waals surface area contributed by atoms with Crippen molar-refractivity contribution in [3.8, 4) is 0 Å². The molecule has 0 atom stereocenters. The Labute approximate surface area is 84.4 Å². The molecule has 0 spiro atoms. The minimum atomic E-state index is 0.287. The van der Waals surface area contributed by atoms with Gasteiger partial charge in [-0.05, 0) is 13.2 Å². The fourth-order valence-corrected chi connectivity index (χ4v) is 1.77. The molecular weight excluding hydrogens is 200 g/mol. The first-order valence-corrected chi connectivity index (χ1v) is 5.20. The smallest absolute Gasteiger partial charge is 0.185 e. The molecular formula is C8H8N4OS. The molecule has 0 aliphatic rings. The number of aromatic nitrogens is 4. The van der Waals surface area contributed by atoms with E-state index in [-0.39, 0.29) is 5.82 Å². The Balaban J connectivity index is 2.77. The summed E-state index contributed by atoms with van der Waals surface area (Å²) < 4.78 is 0. The first kappa shape index (κ1) is 9.14. The molecule has 2 aromatic heterocycles. The number of rotatable bonds is 2. The largest absolute Gasteiger partial charge is 0.332 e. The van der Waals surface area contributed by atoms with Crippen LogP contribution >= 0.6 is 11.8 Å². The second kappa shape index (κ2) is 3.38. The zero-order valence-electron chi connectivity index (χ0n) is 7.74. The van der Waals surface area contributed by atoms with E-state index in [4.69, 9.17) is 0 Å². The van der Waals surface area contributed by atoms with Crippen LogP contribution in [-0.4, -0.2) is 32.5 Å². The van der Waals surface area contributed by atoms with Gasteiger partial charge in [0, 0.05) is 0 Å². The molecule has 0 bridgehead atoms. The Kier molecular flexibility index (Phi) is 2.20. The maximum absolute atomic E-state index is 10.5. The quantitative estimate of drug-likeness (QED) is 0.456. The number of carbonyl (C=O) groups is 1. The first-order valence-electron chi connectivity index (χ1n) is 3.98. The minimum absolute atomic E-state index is 0.287. The third-order valence-electron chi connectivity index (χ3n) is 1.75. The molecule has 0 aliphatic carbocycles. The standard InChI is InChI=1S/C8H8N4OS/c1-4-9-7-6(8(10-4)14-2)11-5(3-13)12-7/h3H,1-2H3,(H,9,10,11,12). The summed E-state index contributed by atoms with van der Waals surface area (Å²) in [5.74, 6) is 0.945. The summed E-state index contributed by atoms with van der Waals surface area (Å²) in [6, 6.07) is 0. The summed E-state index contributed by atoms with van der Waals surface area (Å²) in [4.78, 5) is 25.8. The maximum Gasteiger partial charge on any atom is 0.185 e. The topological polar surface area (TPSA) is 71.5 Å². The van der Waals surface area contributed by atoms with E-state index < -0.39 is 0 Å². The molecule has 72 valence electrons. The average molecular weight is 208 g/mol. The average Bonchev–Trinajstić information content (AvgIpc) is 2.59. The summed E-state index contributed by atoms with van der Waals surface area (Å²) in [5.41, 5.74) is 1.27. The molecule has 2 rings (SSSR count). The SMILES string of the molecule is CSc1nc(C)nc2nc(C=O)[nH]c12. The molecule has 0 saturated carbocycles. The number of nitrogens with one attached hydrogen (secondary N) is 1. The zero-order valence-corrected chi connectivity index (χ0v) is 8.55. The number of imidazole rings is 1. The highest BCUT2D eigenvalue weighted by Crippen LogP contribution is 2.20. The lowest BCUT2D eigenvalue weighted by Crippen LogP contribution is -1.91. The summed E-state index contributed by atoms with van der Waals surface area (Å²) in [7, 11) is 0. The number of fused-ring (bicyclic) bond motifs is 1. The first-order chi connectivity index (χ1) is 6.74. The number of hydrogen-bond acceptors (Lipinski definition) is 5. The molecule has 0 aromatic carbocycles. The Morgan fingerprint density at radius 2 is 2.14 bits per heavy atom. The van der Waals surface area contributed by atoms with Crippen LogP contribution in [-0.2, 0) is 0 Å². The van der Waals surface area contributed by atoms with E-state index in [2.05, 4.69) is 19.9 Å². The maximum atomic E-state index is 10.5. The summed E-state index contributed by atoms with van der Waals surface area (Å²) in [5, 5.41) is 0.813. The number of nitrogens with zero attached hydrogens (tertiary/aromatic N) is 3. The third-order valence-corrected chi connectivity index (χ3v) is 2.44. The molecule has 2 heterocycles. The van der Waals surface area contributed by atoms with Gasteiger partial charge in [0.25, 0.3) is 0 Å². The minimum Gasteiger partial charge on any atom is -0.332 e. The van der Waals surface area contributed by atoms with Gasteiger partial charge in [-0.1, -0.05) is 0 Å². The van der Waals surface area contributed by atoms with E-state index >= 15 is 0 Å². The molecule has 0 amide bonds. The summed E-state index contributed by atoms with van der Waals surface area (Å²) in [6.45, 7) is 1.80. The molecule has 0 unspecified atom stereocenters. The van der Waals surface area contributed by atoms with Gasteiger partial charge in [0.2, 0.25) is 0 Å². The normalized spacial score (nSPS) is 10.7. The molecule has 0 saturated heterocycles. The van der Waals surface area contributed by atoms with Crippen LogP contribution in [0.5, 0.6) is 0 Å². The second-order valence-electron chi connectivity index (χ2n) is 2.72. The van der Waals surface area contributed by atoms with Crippen molar-refractivity contribution >= 4 is 29.2 Å². The van der Waals surface area contributed by atoms with Crippen LogP contribution in [0.4, 0.5) is 0 Å². The van der Waals surface area contributed by atoms with Gasteiger partial charge < -0.3 is 4.98 Å².